The van der Waals surface area contributed by atoms with Crippen LogP contribution in [0.2, 0.25) is 0 Å². The van der Waals surface area contributed by atoms with Crippen molar-refractivity contribution >= 4 is 17.4 Å². The molecule has 1 aromatic carbocycles. The number of nitrogens with one attached hydrogen (secondary N) is 1. The SMILES string of the molecule is Cc1ccnc(NC(=O)c2cc(N)cc(F)c2)c1. The molecule has 0 unspecified atom stereocenters. The van der Waals surface area contributed by atoms with Crippen LogP contribution in [0, 0.1) is 12.7 Å². The van der Waals surface area contributed by atoms with E-state index in [-0.39, 0.29) is 11.3 Å². The lowest BCUT2D eigenvalue weighted by Crippen LogP contribution is -2.13. The second-order valence-electron chi connectivity index (χ2n) is 3.95. The Kier molecular flexibility index (Phi) is 3.23. The van der Waals surface area contributed by atoms with E-state index in [4.69, 9.17) is 5.73 Å². The van der Waals surface area contributed by atoms with Crippen LogP contribution >= 0.6 is 0 Å². The van der Waals surface area contributed by atoms with Gasteiger partial charge in [-0.05, 0) is 42.8 Å². The largest absolute Gasteiger partial charge is 0.399 e. The Morgan fingerprint density at radius 1 is 1.33 bits per heavy atom. The maximum absolute atomic E-state index is 13.1. The first-order valence-corrected chi connectivity index (χ1v) is 5.34. The molecule has 0 spiro atoms. The van der Waals surface area contributed by atoms with Crippen LogP contribution in [-0.4, -0.2) is 10.9 Å². The summed E-state index contributed by atoms with van der Waals surface area (Å²) in [6, 6.07) is 7.23. The Labute approximate surface area is 104 Å². The van der Waals surface area contributed by atoms with E-state index in [0.29, 0.717) is 5.82 Å². The minimum atomic E-state index is -0.544. The summed E-state index contributed by atoms with van der Waals surface area (Å²) in [5.41, 5.74) is 6.82. The number of carbonyl (C=O) groups excluding carboxylic acids is 1. The van der Waals surface area contributed by atoms with Gasteiger partial charge in [0.25, 0.3) is 5.91 Å². The van der Waals surface area contributed by atoms with Gasteiger partial charge in [-0.25, -0.2) is 9.37 Å². The third-order valence-corrected chi connectivity index (χ3v) is 2.34. The first kappa shape index (κ1) is 12.0. The van der Waals surface area contributed by atoms with Crippen molar-refractivity contribution in [2.75, 3.05) is 11.1 Å². The topological polar surface area (TPSA) is 68.0 Å². The molecule has 0 aliphatic heterocycles. The van der Waals surface area contributed by atoms with Crippen LogP contribution < -0.4 is 11.1 Å². The molecule has 5 heteroatoms. The number of amides is 1. The van der Waals surface area contributed by atoms with Gasteiger partial charge in [-0.15, -0.1) is 0 Å². The van der Waals surface area contributed by atoms with Gasteiger partial charge in [0.15, 0.2) is 0 Å². The van der Waals surface area contributed by atoms with Crippen molar-refractivity contribution in [1.82, 2.24) is 4.98 Å². The van der Waals surface area contributed by atoms with Gasteiger partial charge in [0, 0.05) is 17.4 Å². The molecule has 1 amide bonds. The summed E-state index contributed by atoms with van der Waals surface area (Å²) in [6.07, 6.45) is 1.59. The Morgan fingerprint density at radius 2 is 2.11 bits per heavy atom. The lowest BCUT2D eigenvalue weighted by molar-refractivity contribution is 0.102. The van der Waals surface area contributed by atoms with E-state index in [1.54, 1.807) is 12.3 Å². The van der Waals surface area contributed by atoms with Crippen molar-refractivity contribution in [2.45, 2.75) is 6.92 Å². The summed E-state index contributed by atoms with van der Waals surface area (Å²) >= 11 is 0. The third kappa shape index (κ3) is 2.82. The zero-order valence-corrected chi connectivity index (χ0v) is 9.77. The highest BCUT2D eigenvalue weighted by molar-refractivity contribution is 6.04. The average Bonchev–Trinajstić information content (AvgIpc) is 2.27. The van der Waals surface area contributed by atoms with Crippen molar-refractivity contribution in [3.8, 4) is 0 Å². The number of aryl methyl sites for hydroxylation is 1. The summed E-state index contributed by atoms with van der Waals surface area (Å²) < 4.78 is 13.1. The standard InChI is InChI=1S/C13H12FN3O/c1-8-2-3-16-12(4-8)17-13(18)9-5-10(14)7-11(15)6-9/h2-7H,15H2,1H3,(H,16,17,18). The summed E-state index contributed by atoms with van der Waals surface area (Å²) in [4.78, 5) is 15.8. The van der Waals surface area contributed by atoms with E-state index in [0.717, 1.165) is 17.7 Å². The predicted octanol–water partition coefficient (Wildman–Crippen LogP) is 2.36. The number of anilines is 2. The quantitative estimate of drug-likeness (QED) is 0.798. The van der Waals surface area contributed by atoms with E-state index in [1.807, 2.05) is 13.0 Å². The molecular formula is C13H12FN3O. The molecule has 1 heterocycles. The van der Waals surface area contributed by atoms with Crippen LogP contribution in [0.3, 0.4) is 0 Å². The molecule has 18 heavy (non-hydrogen) atoms. The van der Waals surface area contributed by atoms with Crippen LogP contribution in [0.4, 0.5) is 15.9 Å². The van der Waals surface area contributed by atoms with Crippen LogP contribution in [0.1, 0.15) is 15.9 Å². The van der Waals surface area contributed by atoms with Gasteiger partial charge in [0.1, 0.15) is 11.6 Å². The van der Waals surface area contributed by atoms with Gasteiger partial charge in [0.05, 0.1) is 0 Å². The Hall–Kier alpha value is -2.43. The fourth-order valence-corrected chi connectivity index (χ4v) is 1.54. The molecule has 0 radical (unpaired) electrons. The normalized spacial score (nSPS) is 10.1. The van der Waals surface area contributed by atoms with Crippen LogP contribution in [0.25, 0.3) is 0 Å². The highest BCUT2D eigenvalue weighted by atomic mass is 19.1. The average molecular weight is 245 g/mol. The van der Waals surface area contributed by atoms with E-state index in [1.165, 1.54) is 6.07 Å². The molecule has 0 aliphatic carbocycles. The second-order valence-corrected chi connectivity index (χ2v) is 3.95. The number of rotatable bonds is 2. The molecule has 92 valence electrons. The van der Waals surface area contributed by atoms with Crippen molar-refractivity contribution in [3.05, 3.63) is 53.5 Å². The summed E-state index contributed by atoms with van der Waals surface area (Å²) in [7, 11) is 0. The zero-order valence-electron chi connectivity index (χ0n) is 9.77. The van der Waals surface area contributed by atoms with Gasteiger partial charge in [-0.3, -0.25) is 4.79 Å². The number of hydrogen-bond donors (Lipinski definition) is 2. The first-order chi connectivity index (χ1) is 8.54. The fraction of sp³-hybridized carbons (Fsp3) is 0.0769. The number of aromatic nitrogens is 1. The van der Waals surface area contributed by atoms with Gasteiger partial charge in [0.2, 0.25) is 0 Å². The maximum Gasteiger partial charge on any atom is 0.256 e. The molecule has 2 aromatic rings. The van der Waals surface area contributed by atoms with Crippen LogP contribution in [0.5, 0.6) is 0 Å². The smallest absolute Gasteiger partial charge is 0.256 e. The van der Waals surface area contributed by atoms with E-state index in [2.05, 4.69) is 10.3 Å². The molecule has 0 bridgehead atoms. The molecule has 1 aromatic heterocycles. The Morgan fingerprint density at radius 3 is 2.78 bits per heavy atom. The Balaban J connectivity index is 2.22. The molecule has 2 rings (SSSR count). The minimum absolute atomic E-state index is 0.163. The summed E-state index contributed by atoms with van der Waals surface area (Å²) in [5.74, 6) is -0.570. The molecule has 0 fully saturated rings. The predicted molar refractivity (Wildman–Crippen MR) is 67.7 cm³/mol. The number of nitrogens with zero attached hydrogens (tertiary/aromatic N) is 1. The Bertz CT molecular complexity index is 578. The summed E-state index contributed by atoms with van der Waals surface area (Å²) in [6.45, 7) is 1.89. The first-order valence-electron chi connectivity index (χ1n) is 5.34. The zero-order chi connectivity index (χ0) is 13.1. The van der Waals surface area contributed by atoms with Crippen molar-refractivity contribution in [2.24, 2.45) is 0 Å². The number of benzene rings is 1. The number of hydrogen-bond acceptors (Lipinski definition) is 3. The van der Waals surface area contributed by atoms with E-state index in [9.17, 15) is 9.18 Å². The van der Waals surface area contributed by atoms with E-state index >= 15 is 0 Å². The molecule has 3 N–H and O–H groups in total. The van der Waals surface area contributed by atoms with Gasteiger partial charge in [-0.2, -0.15) is 0 Å². The monoisotopic (exact) mass is 245 g/mol. The van der Waals surface area contributed by atoms with Gasteiger partial charge in [-0.1, -0.05) is 0 Å². The highest BCUT2D eigenvalue weighted by Gasteiger charge is 2.09. The molecule has 0 atom stereocenters. The van der Waals surface area contributed by atoms with Crippen molar-refractivity contribution < 1.29 is 9.18 Å². The van der Waals surface area contributed by atoms with Gasteiger partial charge < -0.3 is 11.1 Å². The number of carbonyl (C=O) groups is 1. The summed E-state index contributed by atoms with van der Waals surface area (Å²) in [5, 5.41) is 2.58. The third-order valence-electron chi connectivity index (χ3n) is 2.34. The minimum Gasteiger partial charge on any atom is -0.399 e. The number of nitrogen functional groups attached to an aromatic ring is 1. The molecule has 4 nitrogen and oxygen atoms in total. The van der Waals surface area contributed by atoms with Crippen LogP contribution in [-0.2, 0) is 0 Å². The van der Waals surface area contributed by atoms with Crippen molar-refractivity contribution in [1.29, 1.82) is 0 Å². The van der Waals surface area contributed by atoms with Gasteiger partial charge >= 0.3 is 0 Å². The molecular weight excluding hydrogens is 233 g/mol. The molecule has 0 aliphatic rings. The maximum atomic E-state index is 13.1. The van der Waals surface area contributed by atoms with E-state index < -0.39 is 11.7 Å². The lowest BCUT2D eigenvalue weighted by Gasteiger charge is -2.06. The highest BCUT2D eigenvalue weighted by Crippen LogP contribution is 2.13. The fourth-order valence-electron chi connectivity index (χ4n) is 1.54. The second kappa shape index (κ2) is 4.83. The molecule has 0 saturated heterocycles. The van der Waals surface area contributed by atoms with Crippen LogP contribution in [0.15, 0.2) is 36.5 Å². The lowest BCUT2D eigenvalue weighted by atomic mass is 10.2. The van der Waals surface area contributed by atoms with Crippen molar-refractivity contribution in [3.63, 3.8) is 0 Å². The number of halogens is 1. The number of pyridine rings is 1. The number of nitrogens with two attached hydrogens (primary N) is 1. The molecule has 0 saturated carbocycles.